The Morgan fingerprint density at radius 2 is 2.42 bits per heavy atom. The van der Waals surface area contributed by atoms with Gasteiger partial charge < -0.3 is 5.11 Å². The summed E-state index contributed by atoms with van der Waals surface area (Å²) in [5.74, 6) is 0.964. The summed E-state index contributed by atoms with van der Waals surface area (Å²) in [6.45, 7) is 8.43. The number of hydrogen-bond donors (Lipinski definition) is 1. The van der Waals surface area contributed by atoms with E-state index in [0.717, 1.165) is 12.8 Å². The summed E-state index contributed by atoms with van der Waals surface area (Å²) < 4.78 is 0. The molecule has 0 aliphatic heterocycles. The van der Waals surface area contributed by atoms with Crippen LogP contribution in [0, 0.1) is 11.8 Å². The standard InChI is InChI=1S/C11H18O/c1-8(2)10-5-4-9(3)11(6-10)7-12/h4,10-12H,1,5-7H2,2-3H3/t10-,11?/m1/s1. The van der Waals surface area contributed by atoms with Gasteiger partial charge in [0.25, 0.3) is 0 Å². The van der Waals surface area contributed by atoms with E-state index in [4.69, 9.17) is 5.11 Å². The van der Waals surface area contributed by atoms with Crippen LogP contribution in [-0.2, 0) is 0 Å². The van der Waals surface area contributed by atoms with Gasteiger partial charge in [0, 0.05) is 12.5 Å². The molecule has 0 spiro atoms. The second kappa shape index (κ2) is 3.90. The Balaban J connectivity index is 2.64. The molecule has 1 nitrogen and oxygen atoms in total. The molecule has 2 atom stereocenters. The zero-order valence-corrected chi connectivity index (χ0v) is 8.01. The van der Waals surface area contributed by atoms with Crippen LogP contribution in [-0.4, -0.2) is 11.7 Å². The molecule has 0 heterocycles. The zero-order valence-electron chi connectivity index (χ0n) is 8.01. The summed E-state index contributed by atoms with van der Waals surface area (Å²) in [4.78, 5) is 0. The maximum Gasteiger partial charge on any atom is 0.0496 e. The van der Waals surface area contributed by atoms with Gasteiger partial charge in [0.2, 0.25) is 0 Å². The second-order valence-corrected chi connectivity index (χ2v) is 3.84. The number of hydrogen-bond acceptors (Lipinski definition) is 1. The van der Waals surface area contributed by atoms with Crippen LogP contribution in [0.25, 0.3) is 0 Å². The molecule has 0 amide bonds. The Kier molecular flexibility index (Phi) is 3.10. The average molecular weight is 166 g/mol. The van der Waals surface area contributed by atoms with E-state index in [0.29, 0.717) is 11.8 Å². The lowest BCUT2D eigenvalue weighted by atomic mass is 9.79. The summed E-state index contributed by atoms with van der Waals surface area (Å²) in [5, 5.41) is 9.09. The van der Waals surface area contributed by atoms with E-state index in [1.54, 1.807) is 0 Å². The highest BCUT2D eigenvalue weighted by molar-refractivity contribution is 5.13. The molecule has 0 aromatic heterocycles. The summed E-state index contributed by atoms with van der Waals surface area (Å²) in [5.41, 5.74) is 2.59. The molecule has 1 aliphatic carbocycles. The van der Waals surface area contributed by atoms with Gasteiger partial charge in [0.1, 0.15) is 0 Å². The maximum atomic E-state index is 9.09. The minimum absolute atomic E-state index is 0.284. The van der Waals surface area contributed by atoms with Crippen LogP contribution in [0.3, 0.4) is 0 Å². The molecular formula is C11H18O. The molecule has 0 saturated heterocycles. The Hall–Kier alpha value is -0.560. The molecule has 12 heavy (non-hydrogen) atoms. The van der Waals surface area contributed by atoms with Crippen molar-refractivity contribution in [3.05, 3.63) is 23.8 Å². The molecule has 1 rings (SSSR count). The van der Waals surface area contributed by atoms with Gasteiger partial charge >= 0.3 is 0 Å². The lowest BCUT2D eigenvalue weighted by molar-refractivity contribution is 0.222. The van der Waals surface area contributed by atoms with Crippen LogP contribution in [0.1, 0.15) is 26.7 Å². The van der Waals surface area contributed by atoms with Gasteiger partial charge in [0.15, 0.2) is 0 Å². The predicted molar refractivity (Wildman–Crippen MR) is 51.9 cm³/mol. The van der Waals surface area contributed by atoms with Crippen molar-refractivity contribution >= 4 is 0 Å². The predicted octanol–water partition coefficient (Wildman–Crippen LogP) is 2.53. The average Bonchev–Trinajstić information content (AvgIpc) is 2.05. The third-order valence-electron chi connectivity index (χ3n) is 2.85. The Morgan fingerprint density at radius 3 is 2.92 bits per heavy atom. The Bertz CT molecular complexity index is 203. The van der Waals surface area contributed by atoms with Crippen LogP contribution in [0.2, 0.25) is 0 Å². The van der Waals surface area contributed by atoms with Crippen molar-refractivity contribution < 1.29 is 5.11 Å². The van der Waals surface area contributed by atoms with E-state index < -0.39 is 0 Å². The van der Waals surface area contributed by atoms with E-state index in [9.17, 15) is 0 Å². The van der Waals surface area contributed by atoms with Crippen molar-refractivity contribution in [3.63, 3.8) is 0 Å². The summed E-state index contributed by atoms with van der Waals surface area (Å²) >= 11 is 0. The topological polar surface area (TPSA) is 20.2 Å². The zero-order chi connectivity index (χ0) is 9.14. The van der Waals surface area contributed by atoms with Gasteiger partial charge in [-0.1, -0.05) is 23.8 Å². The highest BCUT2D eigenvalue weighted by Crippen LogP contribution is 2.32. The van der Waals surface area contributed by atoms with Crippen molar-refractivity contribution in [2.75, 3.05) is 6.61 Å². The first-order valence-electron chi connectivity index (χ1n) is 4.58. The molecule has 1 aliphatic rings. The van der Waals surface area contributed by atoms with Crippen LogP contribution in [0.15, 0.2) is 23.8 Å². The molecular weight excluding hydrogens is 148 g/mol. The normalized spacial score (nSPS) is 29.8. The first-order chi connectivity index (χ1) is 5.65. The summed E-state index contributed by atoms with van der Waals surface area (Å²) in [7, 11) is 0. The highest BCUT2D eigenvalue weighted by Gasteiger charge is 2.21. The van der Waals surface area contributed by atoms with Gasteiger partial charge in [-0.25, -0.2) is 0 Å². The highest BCUT2D eigenvalue weighted by atomic mass is 16.3. The van der Waals surface area contributed by atoms with Crippen molar-refractivity contribution in [3.8, 4) is 0 Å². The number of aliphatic hydroxyl groups is 1. The lowest BCUT2D eigenvalue weighted by Gasteiger charge is -2.27. The van der Waals surface area contributed by atoms with Gasteiger partial charge in [0.05, 0.1) is 0 Å². The molecule has 1 N–H and O–H groups in total. The van der Waals surface area contributed by atoms with E-state index in [-0.39, 0.29) is 6.61 Å². The van der Waals surface area contributed by atoms with Gasteiger partial charge in [-0.3, -0.25) is 0 Å². The minimum Gasteiger partial charge on any atom is -0.396 e. The Labute approximate surface area is 74.8 Å². The van der Waals surface area contributed by atoms with Crippen molar-refractivity contribution in [2.45, 2.75) is 26.7 Å². The van der Waals surface area contributed by atoms with Crippen LogP contribution in [0.4, 0.5) is 0 Å². The molecule has 0 aromatic rings. The largest absolute Gasteiger partial charge is 0.396 e. The van der Waals surface area contributed by atoms with Gasteiger partial charge in [-0.15, -0.1) is 0 Å². The third kappa shape index (κ3) is 1.98. The van der Waals surface area contributed by atoms with Crippen LogP contribution in [0.5, 0.6) is 0 Å². The van der Waals surface area contributed by atoms with Crippen LogP contribution >= 0.6 is 0 Å². The van der Waals surface area contributed by atoms with E-state index >= 15 is 0 Å². The third-order valence-corrected chi connectivity index (χ3v) is 2.85. The molecule has 1 unspecified atom stereocenters. The minimum atomic E-state index is 0.284. The van der Waals surface area contributed by atoms with Crippen LogP contribution < -0.4 is 0 Å². The first kappa shape index (κ1) is 9.53. The number of aliphatic hydroxyl groups excluding tert-OH is 1. The maximum absolute atomic E-state index is 9.09. The molecule has 0 saturated carbocycles. The fourth-order valence-electron chi connectivity index (χ4n) is 1.74. The molecule has 68 valence electrons. The summed E-state index contributed by atoms with van der Waals surface area (Å²) in [6.07, 6.45) is 4.43. The van der Waals surface area contributed by atoms with E-state index in [1.807, 2.05) is 0 Å². The Morgan fingerprint density at radius 1 is 1.75 bits per heavy atom. The van der Waals surface area contributed by atoms with Crippen molar-refractivity contribution in [1.29, 1.82) is 0 Å². The quantitative estimate of drug-likeness (QED) is 0.625. The fourth-order valence-corrected chi connectivity index (χ4v) is 1.74. The monoisotopic (exact) mass is 166 g/mol. The van der Waals surface area contributed by atoms with Gasteiger partial charge in [-0.05, 0) is 32.6 Å². The van der Waals surface area contributed by atoms with Crippen molar-refractivity contribution in [1.82, 2.24) is 0 Å². The molecule has 0 bridgehead atoms. The number of rotatable bonds is 2. The SMILES string of the molecule is C=C(C)[C@@H]1CC=C(C)C(CO)C1. The smallest absolute Gasteiger partial charge is 0.0496 e. The molecule has 0 aromatic carbocycles. The summed E-state index contributed by atoms with van der Waals surface area (Å²) in [6, 6.07) is 0. The molecule has 0 fully saturated rings. The van der Waals surface area contributed by atoms with Gasteiger partial charge in [-0.2, -0.15) is 0 Å². The first-order valence-corrected chi connectivity index (χ1v) is 4.58. The van der Waals surface area contributed by atoms with Crippen molar-refractivity contribution in [2.24, 2.45) is 11.8 Å². The molecule has 0 radical (unpaired) electrons. The number of allylic oxidation sites excluding steroid dienone is 2. The molecule has 1 heteroatoms. The second-order valence-electron chi connectivity index (χ2n) is 3.84. The fraction of sp³-hybridized carbons (Fsp3) is 0.636. The van der Waals surface area contributed by atoms with E-state index in [1.165, 1.54) is 11.1 Å². The lowest BCUT2D eigenvalue weighted by Crippen LogP contribution is -2.18. The van der Waals surface area contributed by atoms with E-state index in [2.05, 4.69) is 26.5 Å².